The second kappa shape index (κ2) is 6.58. The van der Waals surface area contributed by atoms with Gasteiger partial charge in [0, 0.05) is 23.1 Å². The molecule has 1 aromatic heterocycles. The molecule has 5 nitrogen and oxygen atoms in total. The summed E-state index contributed by atoms with van der Waals surface area (Å²) < 4.78 is 5.62. The van der Waals surface area contributed by atoms with Gasteiger partial charge in [0.15, 0.2) is 0 Å². The number of thiazole rings is 1. The van der Waals surface area contributed by atoms with Gasteiger partial charge in [-0.2, -0.15) is 0 Å². The summed E-state index contributed by atoms with van der Waals surface area (Å²) in [7, 11) is 0. The normalized spacial score (nSPS) is 10.5. The van der Waals surface area contributed by atoms with Gasteiger partial charge >= 0.3 is 0 Å². The van der Waals surface area contributed by atoms with E-state index in [-0.39, 0.29) is 5.69 Å². The van der Waals surface area contributed by atoms with Crippen LogP contribution in [0, 0.1) is 17.0 Å². The smallest absolute Gasteiger partial charge is 0.269 e. The average molecular weight is 326 g/mol. The van der Waals surface area contributed by atoms with Crippen LogP contribution in [0.4, 0.5) is 5.69 Å². The Labute approximate surface area is 137 Å². The zero-order valence-electron chi connectivity index (χ0n) is 12.4. The first kappa shape index (κ1) is 15.2. The van der Waals surface area contributed by atoms with E-state index >= 15 is 0 Å². The van der Waals surface area contributed by atoms with Crippen LogP contribution in [0.5, 0.6) is 5.75 Å². The summed E-state index contributed by atoms with van der Waals surface area (Å²) in [6.07, 6.45) is 0. The number of ether oxygens (including phenoxy) is 1. The molecule has 0 fully saturated rings. The monoisotopic (exact) mass is 326 g/mol. The molecule has 0 amide bonds. The average Bonchev–Trinajstić information content (AvgIpc) is 3.03. The molecule has 0 spiro atoms. The van der Waals surface area contributed by atoms with E-state index in [0.717, 1.165) is 16.3 Å². The second-order valence-electron chi connectivity index (χ2n) is 5.05. The number of hydrogen-bond acceptors (Lipinski definition) is 5. The van der Waals surface area contributed by atoms with Crippen LogP contribution >= 0.6 is 11.3 Å². The standard InChI is InChI=1S/C17H14N2O3S/c1-12-2-4-13(5-3-12)17-18-14(11-23-17)10-22-16-8-6-15(7-9-16)19(20)21/h2-9,11H,10H2,1H3. The molecule has 0 bridgehead atoms. The lowest BCUT2D eigenvalue weighted by atomic mass is 10.2. The summed E-state index contributed by atoms with van der Waals surface area (Å²) in [4.78, 5) is 14.7. The van der Waals surface area contributed by atoms with Crippen molar-refractivity contribution in [2.75, 3.05) is 0 Å². The van der Waals surface area contributed by atoms with E-state index in [0.29, 0.717) is 12.4 Å². The van der Waals surface area contributed by atoms with Gasteiger partial charge in [-0.1, -0.05) is 29.8 Å². The Bertz CT molecular complexity index is 811. The lowest BCUT2D eigenvalue weighted by Crippen LogP contribution is -1.96. The molecular formula is C17H14N2O3S. The van der Waals surface area contributed by atoms with Crippen LogP contribution in [0.25, 0.3) is 10.6 Å². The van der Waals surface area contributed by atoms with Crippen LogP contribution in [-0.2, 0) is 6.61 Å². The molecule has 0 aliphatic carbocycles. The predicted octanol–water partition coefficient (Wildman–Crippen LogP) is 4.61. The fourth-order valence-corrected chi connectivity index (χ4v) is 2.83. The number of non-ortho nitro benzene ring substituents is 1. The van der Waals surface area contributed by atoms with Crippen molar-refractivity contribution in [1.29, 1.82) is 0 Å². The van der Waals surface area contributed by atoms with E-state index in [9.17, 15) is 10.1 Å². The highest BCUT2D eigenvalue weighted by atomic mass is 32.1. The van der Waals surface area contributed by atoms with Crippen LogP contribution in [0.1, 0.15) is 11.3 Å². The summed E-state index contributed by atoms with van der Waals surface area (Å²) in [6, 6.07) is 14.2. The van der Waals surface area contributed by atoms with Gasteiger partial charge in [0.05, 0.1) is 10.6 Å². The molecule has 0 aliphatic rings. The summed E-state index contributed by atoms with van der Waals surface area (Å²) in [6.45, 7) is 2.38. The molecule has 3 rings (SSSR count). The molecule has 0 aliphatic heterocycles. The highest BCUT2D eigenvalue weighted by Crippen LogP contribution is 2.25. The van der Waals surface area contributed by atoms with Gasteiger partial charge in [-0.25, -0.2) is 4.98 Å². The Morgan fingerprint density at radius 1 is 1.13 bits per heavy atom. The Balaban J connectivity index is 1.65. The summed E-state index contributed by atoms with van der Waals surface area (Å²) in [5, 5.41) is 13.5. The minimum atomic E-state index is -0.432. The summed E-state index contributed by atoms with van der Waals surface area (Å²) >= 11 is 1.57. The van der Waals surface area contributed by atoms with Gasteiger partial charge in [0.1, 0.15) is 17.4 Å². The number of nitro benzene ring substituents is 1. The number of rotatable bonds is 5. The maximum atomic E-state index is 10.6. The Hall–Kier alpha value is -2.73. The molecule has 116 valence electrons. The lowest BCUT2D eigenvalue weighted by Gasteiger charge is -2.03. The van der Waals surface area contributed by atoms with Crippen LogP contribution in [0.3, 0.4) is 0 Å². The molecule has 6 heteroatoms. The van der Waals surface area contributed by atoms with Crippen molar-refractivity contribution in [3.63, 3.8) is 0 Å². The van der Waals surface area contributed by atoms with Crippen molar-refractivity contribution in [2.24, 2.45) is 0 Å². The van der Waals surface area contributed by atoms with Crippen molar-refractivity contribution >= 4 is 17.0 Å². The van der Waals surface area contributed by atoms with Crippen molar-refractivity contribution in [1.82, 2.24) is 4.98 Å². The molecule has 0 saturated heterocycles. The number of hydrogen-bond donors (Lipinski definition) is 0. The second-order valence-corrected chi connectivity index (χ2v) is 5.91. The molecule has 0 unspecified atom stereocenters. The third-order valence-electron chi connectivity index (χ3n) is 3.28. The van der Waals surface area contributed by atoms with E-state index in [2.05, 4.69) is 36.2 Å². The maximum Gasteiger partial charge on any atom is 0.269 e. The number of benzene rings is 2. The van der Waals surface area contributed by atoms with Gasteiger partial charge in [0.2, 0.25) is 0 Å². The summed E-state index contributed by atoms with van der Waals surface area (Å²) in [5.41, 5.74) is 3.19. The minimum Gasteiger partial charge on any atom is -0.487 e. The Morgan fingerprint density at radius 2 is 1.83 bits per heavy atom. The van der Waals surface area contributed by atoms with Crippen molar-refractivity contribution in [2.45, 2.75) is 13.5 Å². The SMILES string of the molecule is Cc1ccc(-c2nc(COc3ccc([N+](=O)[O-])cc3)cs2)cc1. The lowest BCUT2D eigenvalue weighted by molar-refractivity contribution is -0.384. The highest BCUT2D eigenvalue weighted by Gasteiger charge is 2.07. The van der Waals surface area contributed by atoms with Gasteiger partial charge in [-0.05, 0) is 19.1 Å². The number of nitrogens with zero attached hydrogens (tertiary/aromatic N) is 2. The van der Waals surface area contributed by atoms with Gasteiger partial charge in [-0.3, -0.25) is 10.1 Å². The topological polar surface area (TPSA) is 65.3 Å². The van der Waals surface area contributed by atoms with Crippen LogP contribution in [0.15, 0.2) is 53.9 Å². The molecule has 23 heavy (non-hydrogen) atoms. The minimum absolute atomic E-state index is 0.0488. The molecule has 0 atom stereocenters. The number of nitro groups is 1. The van der Waals surface area contributed by atoms with E-state index in [1.54, 1.807) is 23.5 Å². The largest absolute Gasteiger partial charge is 0.487 e. The van der Waals surface area contributed by atoms with E-state index in [1.807, 2.05) is 5.38 Å². The molecule has 0 N–H and O–H groups in total. The zero-order chi connectivity index (χ0) is 16.2. The summed E-state index contributed by atoms with van der Waals surface area (Å²) in [5.74, 6) is 0.584. The van der Waals surface area contributed by atoms with Crippen molar-refractivity contribution in [3.05, 3.63) is 75.3 Å². The zero-order valence-corrected chi connectivity index (χ0v) is 13.2. The Morgan fingerprint density at radius 3 is 2.48 bits per heavy atom. The number of aromatic nitrogens is 1. The third-order valence-corrected chi connectivity index (χ3v) is 4.22. The van der Waals surface area contributed by atoms with Crippen LogP contribution in [-0.4, -0.2) is 9.91 Å². The third kappa shape index (κ3) is 3.73. The maximum absolute atomic E-state index is 10.6. The van der Waals surface area contributed by atoms with Gasteiger partial charge in [-0.15, -0.1) is 11.3 Å². The van der Waals surface area contributed by atoms with Gasteiger partial charge < -0.3 is 4.74 Å². The quantitative estimate of drug-likeness (QED) is 0.507. The Kier molecular flexibility index (Phi) is 4.34. The van der Waals surface area contributed by atoms with E-state index in [1.165, 1.54) is 17.7 Å². The predicted molar refractivity (Wildman–Crippen MR) is 89.7 cm³/mol. The van der Waals surface area contributed by atoms with Crippen LogP contribution < -0.4 is 4.74 Å². The first-order valence-corrected chi connectivity index (χ1v) is 7.88. The first-order chi connectivity index (χ1) is 11.1. The van der Waals surface area contributed by atoms with Gasteiger partial charge in [0.25, 0.3) is 5.69 Å². The van der Waals surface area contributed by atoms with Crippen molar-refractivity contribution < 1.29 is 9.66 Å². The molecule has 3 aromatic rings. The fraction of sp³-hybridized carbons (Fsp3) is 0.118. The fourth-order valence-electron chi connectivity index (χ4n) is 2.02. The van der Waals surface area contributed by atoms with E-state index in [4.69, 9.17) is 4.74 Å². The van der Waals surface area contributed by atoms with Crippen LogP contribution in [0.2, 0.25) is 0 Å². The molecular weight excluding hydrogens is 312 g/mol. The van der Waals surface area contributed by atoms with Crippen molar-refractivity contribution in [3.8, 4) is 16.3 Å². The number of aryl methyl sites for hydroxylation is 1. The molecule has 2 aromatic carbocycles. The van der Waals surface area contributed by atoms with E-state index < -0.39 is 4.92 Å². The molecule has 0 saturated carbocycles. The molecule has 0 radical (unpaired) electrons. The highest BCUT2D eigenvalue weighted by molar-refractivity contribution is 7.13. The molecule has 1 heterocycles. The first-order valence-electron chi connectivity index (χ1n) is 7.00.